The van der Waals surface area contributed by atoms with Gasteiger partial charge >= 0.3 is 5.97 Å². The molecule has 4 nitrogen and oxygen atoms in total. The third kappa shape index (κ3) is 4.44. The second kappa shape index (κ2) is 6.56. The van der Waals surface area contributed by atoms with Crippen LogP contribution >= 0.6 is 0 Å². The van der Waals surface area contributed by atoms with Crippen LogP contribution in [0.15, 0.2) is 53.2 Å². The standard InChI is InChI=1S/C15H14O4/c16-15(17)8-7-12-3-5-13(6-4-12)10-18-11-14-2-1-9-19-14/h1-9H,10-11H2,(H,16,17). The molecule has 0 saturated heterocycles. The van der Waals surface area contributed by atoms with Gasteiger partial charge in [-0.2, -0.15) is 0 Å². The molecule has 0 amide bonds. The van der Waals surface area contributed by atoms with Crippen molar-refractivity contribution in [1.29, 1.82) is 0 Å². The van der Waals surface area contributed by atoms with Gasteiger partial charge in [-0.05, 0) is 29.3 Å². The van der Waals surface area contributed by atoms with Gasteiger partial charge < -0.3 is 14.3 Å². The number of aliphatic carboxylic acids is 1. The van der Waals surface area contributed by atoms with Crippen molar-refractivity contribution in [1.82, 2.24) is 0 Å². The van der Waals surface area contributed by atoms with Gasteiger partial charge in [-0.15, -0.1) is 0 Å². The van der Waals surface area contributed by atoms with Crippen LogP contribution in [0.1, 0.15) is 16.9 Å². The molecule has 0 fully saturated rings. The van der Waals surface area contributed by atoms with Crippen molar-refractivity contribution in [2.45, 2.75) is 13.2 Å². The maximum absolute atomic E-state index is 10.4. The lowest BCUT2D eigenvalue weighted by atomic mass is 10.1. The van der Waals surface area contributed by atoms with E-state index < -0.39 is 5.97 Å². The van der Waals surface area contributed by atoms with Crippen LogP contribution in [-0.2, 0) is 22.7 Å². The molecule has 0 bridgehead atoms. The van der Waals surface area contributed by atoms with Crippen LogP contribution < -0.4 is 0 Å². The summed E-state index contributed by atoms with van der Waals surface area (Å²) in [5.41, 5.74) is 1.87. The van der Waals surface area contributed by atoms with Gasteiger partial charge in [0, 0.05) is 6.08 Å². The summed E-state index contributed by atoms with van der Waals surface area (Å²) in [6.07, 6.45) is 4.28. The van der Waals surface area contributed by atoms with Gasteiger partial charge in [-0.25, -0.2) is 4.79 Å². The fourth-order valence-electron chi connectivity index (χ4n) is 1.56. The van der Waals surface area contributed by atoms with Gasteiger partial charge in [0.15, 0.2) is 0 Å². The molecule has 1 aromatic carbocycles. The summed E-state index contributed by atoms with van der Waals surface area (Å²) in [7, 11) is 0. The first-order valence-corrected chi connectivity index (χ1v) is 5.84. The molecule has 0 aliphatic carbocycles. The Balaban J connectivity index is 1.83. The number of carbonyl (C=O) groups is 1. The fraction of sp³-hybridized carbons (Fsp3) is 0.133. The summed E-state index contributed by atoms with van der Waals surface area (Å²) < 4.78 is 10.7. The Morgan fingerprint density at radius 1 is 1.21 bits per heavy atom. The lowest BCUT2D eigenvalue weighted by molar-refractivity contribution is -0.131. The third-order valence-corrected chi connectivity index (χ3v) is 2.49. The van der Waals surface area contributed by atoms with E-state index in [-0.39, 0.29) is 0 Å². The second-order valence-electron chi connectivity index (χ2n) is 3.99. The van der Waals surface area contributed by atoms with E-state index in [1.54, 1.807) is 12.3 Å². The minimum atomic E-state index is -0.953. The molecule has 2 rings (SSSR count). The first-order chi connectivity index (χ1) is 9.24. The highest BCUT2D eigenvalue weighted by Gasteiger charge is 1.97. The molecular weight excluding hydrogens is 244 g/mol. The number of hydrogen-bond acceptors (Lipinski definition) is 3. The molecule has 2 aromatic rings. The minimum Gasteiger partial charge on any atom is -0.478 e. The third-order valence-electron chi connectivity index (χ3n) is 2.49. The maximum Gasteiger partial charge on any atom is 0.328 e. The largest absolute Gasteiger partial charge is 0.478 e. The molecule has 1 N–H and O–H groups in total. The van der Waals surface area contributed by atoms with Crippen LogP contribution in [-0.4, -0.2) is 11.1 Å². The topological polar surface area (TPSA) is 59.7 Å². The summed E-state index contributed by atoms with van der Waals surface area (Å²) in [6, 6.07) is 11.2. The average Bonchev–Trinajstić information content (AvgIpc) is 2.91. The molecule has 1 heterocycles. The van der Waals surface area contributed by atoms with Gasteiger partial charge in [-0.3, -0.25) is 0 Å². The van der Waals surface area contributed by atoms with Crippen LogP contribution in [0.2, 0.25) is 0 Å². The summed E-state index contributed by atoms with van der Waals surface area (Å²) in [5, 5.41) is 8.52. The number of carboxylic acid groups (broad SMARTS) is 1. The smallest absolute Gasteiger partial charge is 0.328 e. The van der Waals surface area contributed by atoms with Gasteiger partial charge in [0.25, 0.3) is 0 Å². The number of hydrogen-bond donors (Lipinski definition) is 1. The summed E-state index contributed by atoms with van der Waals surface area (Å²) in [5.74, 6) is -0.160. The molecule has 19 heavy (non-hydrogen) atoms. The molecule has 0 atom stereocenters. The van der Waals surface area contributed by atoms with Crippen molar-refractivity contribution in [3.63, 3.8) is 0 Å². The van der Waals surface area contributed by atoms with Crippen molar-refractivity contribution < 1.29 is 19.1 Å². The molecule has 4 heteroatoms. The molecular formula is C15H14O4. The Bertz CT molecular complexity index is 538. The Morgan fingerprint density at radius 2 is 2.00 bits per heavy atom. The number of furan rings is 1. The Labute approximate surface area is 110 Å². The van der Waals surface area contributed by atoms with Crippen LogP contribution in [0.25, 0.3) is 6.08 Å². The zero-order chi connectivity index (χ0) is 13.5. The van der Waals surface area contributed by atoms with Crippen molar-refractivity contribution in [3.05, 3.63) is 65.6 Å². The Hall–Kier alpha value is -2.33. The highest BCUT2D eigenvalue weighted by Crippen LogP contribution is 2.09. The van der Waals surface area contributed by atoms with Crippen LogP contribution in [0.5, 0.6) is 0 Å². The zero-order valence-electron chi connectivity index (χ0n) is 10.3. The Morgan fingerprint density at radius 3 is 2.63 bits per heavy atom. The fourth-order valence-corrected chi connectivity index (χ4v) is 1.56. The highest BCUT2D eigenvalue weighted by molar-refractivity contribution is 5.85. The Kier molecular flexibility index (Phi) is 4.53. The van der Waals surface area contributed by atoms with E-state index in [0.717, 1.165) is 23.0 Å². The lowest BCUT2D eigenvalue weighted by Crippen LogP contribution is -1.93. The predicted molar refractivity (Wildman–Crippen MR) is 70.3 cm³/mol. The van der Waals surface area contributed by atoms with E-state index in [9.17, 15) is 4.79 Å². The van der Waals surface area contributed by atoms with Crippen molar-refractivity contribution in [2.75, 3.05) is 0 Å². The monoisotopic (exact) mass is 258 g/mol. The lowest BCUT2D eigenvalue weighted by Gasteiger charge is -2.03. The van der Waals surface area contributed by atoms with E-state index in [4.69, 9.17) is 14.3 Å². The van der Waals surface area contributed by atoms with E-state index in [0.29, 0.717) is 13.2 Å². The molecule has 1 aromatic heterocycles. The van der Waals surface area contributed by atoms with E-state index in [1.807, 2.05) is 36.4 Å². The van der Waals surface area contributed by atoms with Crippen LogP contribution in [0, 0.1) is 0 Å². The summed E-state index contributed by atoms with van der Waals surface area (Å²) in [6.45, 7) is 0.928. The SMILES string of the molecule is O=C(O)C=Cc1ccc(COCc2ccco2)cc1. The normalized spacial score (nSPS) is 10.9. The first-order valence-electron chi connectivity index (χ1n) is 5.84. The minimum absolute atomic E-state index is 0.438. The van der Waals surface area contributed by atoms with Gasteiger partial charge in [0.2, 0.25) is 0 Å². The number of carboxylic acids is 1. The van der Waals surface area contributed by atoms with Crippen LogP contribution in [0.3, 0.4) is 0 Å². The average molecular weight is 258 g/mol. The molecule has 0 radical (unpaired) electrons. The number of benzene rings is 1. The summed E-state index contributed by atoms with van der Waals surface area (Å²) >= 11 is 0. The predicted octanol–water partition coefficient (Wildman–Crippen LogP) is 3.09. The van der Waals surface area contributed by atoms with E-state index in [2.05, 4.69) is 0 Å². The number of ether oxygens (including phenoxy) is 1. The number of rotatable bonds is 6. The van der Waals surface area contributed by atoms with Crippen molar-refractivity contribution in [3.8, 4) is 0 Å². The van der Waals surface area contributed by atoms with Gasteiger partial charge in [-0.1, -0.05) is 24.3 Å². The zero-order valence-corrected chi connectivity index (χ0v) is 10.3. The molecule has 0 aliphatic rings. The molecule has 0 unspecified atom stereocenters. The van der Waals surface area contributed by atoms with Crippen LogP contribution in [0.4, 0.5) is 0 Å². The van der Waals surface area contributed by atoms with Gasteiger partial charge in [0.1, 0.15) is 12.4 Å². The maximum atomic E-state index is 10.4. The second-order valence-corrected chi connectivity index (χ2v) is 3.99. The molecule has 0 saturated carbocycles. The quantitative estimate of drug-likeness (QED) is 0.809. The molecule has 0 aliphatic heterocycles. The highest BCUT2D eigenvalue weighted by atomic mass is 16.5. The van der Waals surface area contributed by atoms with E-state index >= 15 is 0 Å². The molecule has 0 spiro atoms. The van der Waals surface area contributed by atoms with E-state index in [1.165, 1.54) is 0 Å². The first kappa shape index (κ1) is 13.1. The summed E-state index contributed by atoms with van der Waals surface area (Å²) in [4.78, 5) is 10.4. The molecule has 98 valence electrons. The van der Waals surface area contributed by atoms with Crippen molar-refractivity contribution in [2.24, 2.45) is 0 Å². The van der Waals surface area contributed by atoms with Crippen molar-refractivity contribution >= 4 is 12.0 Å². The van der Waals surface area contributed by atoms with Gasteiger partial charge in [0.05, 0.1) is 12.9 Å².